The lowest BCUT2D eigenvalue weighted by atomic mass is 9.48. The third kappa shape index (κ3) is 2.92. The predicted molar refractivity (Wildman–Crippen MR) is 113 cm³/mol. The van der Waals surface area contributed by atoms with Crippen LogP contribution in [0.4, 0.5) is 0 Å². The second kappa shape index (κ2) is 6.31. The van der Waals surface area contributed by atoms with Crippen molar-refractivity contribution in [3.63, 3.8) is 0 Å². The maximum Gasteiger partial charge on any atom is 0.283 e. The lowest BCUT2D eigenvalue weighted by Gasteiger charge is -2.56. The summed E-state index contributed by atoms with van der Waals surface area (Å²) in [6.45, 7) is 4.16. The Kier molecular flexibility index (Phi) is 4.14. The van der Waals surface area contributed by atoms with Crippen LogP contribution in [0.15, 0.2) is 23.3 Å². The second-order valence-electron chi connectivity index (χ2n) is 9.08. The molecule has 0 spiro atoms. The fourth-order valence-corrected chi connectivity index (χ4v) is 7.68. The molecule has 5 heteroatoms. The largest absolute Gasteiger partial charge is 0.283 e. The van der Waals surface area contributed by atoms with Gasteiger partial charge in [-0.1, -0.05) is 23.7 Å². The highest BCUT2D eigenvalue weighted by atomic mass is 35.5. The summed E-state index contributed by atoms with van der Waals surface area (Å²) in [5, 5.41) is 6.07. The van der Waals surface area contributed by atoms with E-state index >= 15 is 0 Å². The van der Waals surface area contributed by atoms with E-state index in [1.165, 1.54) is 55.4 Å². The van der Waals surface area contributed by atoms with Crippen LogP contribution in [0.1, 0.15) is 60.7 Å². The molecule has 0 radical (unpaired) electrons. The maximum atomic E-state index is 12.8. The molecule has 1 amide bonds. The van der Waals surface area contributed by atoms with Crippen molar-refractivity contribution in [2.45, 2.75) is 52.4 Å². The van der Waals surface area contributed by atoms with Crippen molar-refractivity contribution in [1.29, 1.82) is 0 Å². The van der Waals surface area contributed by atoms with Crippen LogP contribution in [-0.2, 0) is 0 Å². The summed E-state index contributed by atoms with van der Waals surface area (Å²) >= 11 is 7.92. The minimum absolute atomic E-state index is 0.192. The Bertz CT molecular complexity index is 925. The average Bonchev–Trinajstić information content (AvgIpc) is 2.94. The molecule has 4 bridgehead atoms. The number of nitrogens with one attached hydrogen (secondary N) is 1. The van der Waals surface area contributed by atoms with Crippen LogP contribution in [0, 0.1) is 30.1 Å². The number of aryl methyl sites for hydroxylation is 1. The first kappa shape index (κ1) is 17.7. The van der Waals surface area contributed by atoms with Crippen LogP contribution in [-0.4, -0.2) is 11.6 Å². The minimum atomic E-state index is -0.192. The Balaban J connectivity index is 1.38. The number of fused-ring (bicyclic) bond motifs is 1. The number of nitrogens with zero attached hydrogens (tertiary/aromatic N) is 1. The zero-order valence-corrected chi connectivity index (χ0v) is 17.4. The number of carbonyl (C=O) groups is 1. The number of hydrazone groups is 1. The number of hydrogen-bond donors (Lipinski definition) is 1. The van der Waals surface area contributed by atoms with Crippen LogP contribution < -0.4 is 5.43 Å². The standard InChI is InChI=1S/C22H25ClN2OS/c1-12-3-4-17-18(5-12)27-20(19(17)23)21(26)25-24-13(2)22-9-14-6-15(10-22)8-16(7-14)11-22/h3-5,14-16H,6-11H2,1-2H3,(H,25,26). The van der Waals surface area contributed by atoms with Gasteiger partial charge >= 0.3 is 0 Å². The van der Waals surface area contributed by atoms with Gasteiger partial charge in [0.05, 0.1) is 5.02 Å². The van der Waals surface area contributed by atoms with Crippen LogP contribution in [0.2, 0.25) is 5.02 Å². The van der Waals surface area contributed by atoms with Gasteiger partial charge in [-0.2, -0.15) is 5.10 Å². The SMILES string of the molecule is CC(=NNC(=O)c1sc2cc(C)ccc2c1Cl)C12CC3CC(CC(C3)C1)C2. The molecule has 0 aliphatic heterocycles. The Hall–Kier alpha value is -1.39. The van der Waals surface area contributed by atoms with Crippen LogP contribution in [0.5, 0.6) is 0 Å². The van der Waals surface area contributed by atoms with Gasteiger partial charge in [0.15, 0.2) is 0 Å². The normalized spacial score (nSPS) is 32.3. The third-order valence-electron chi connectivity index (χ3n) is 7.12. The molecular formula is C22H25ClN2OS. The molecule has 3 nitrogen and oxygen atoms in total. The topological polar surface area (TPSA) is 41.5 Å². The highest BCUT2D eigenvalue weighted by Crippen LogP contribution is 2.60. The van der Waals surface area contributed by atoms with E-state index in [9.17, 15) is 4.79 Å². The highest BCUT2D eigenvalue weighted by Gasteiger charge is 2.52. The average molecular weight is 401 g/mol. The van der Waals surface area contributed by atoms with Crippen molar-refractivity contribution in [2.75, 3.05) is 0 Å². The highest BCUT2D eigenvalue weighted by molar-refractivity contribution is 7.21. The van der Waals surface area contributed by atoms with Crippen molar-refractivity contribution < 1.29 is 4.79 Å². The molecule has 2 aromatic rings. The molecule has 0 saturated heterocycles. The first-order chi connectivity index (χ1) is 12.9. The molecule has 6 rings (SSSR count). The lowest BCUT2D eigenvalue weighted by Crippen LogP contribution is -2.49. The maximum absolute atomic E-state index is 12.8. The smallest absolute Gasteiger partial charge is 0.266 e. The van der Waals surface area contributed by atoms with Crippen molar-refractivity contribution in [2.24, 2.45) is 28.3 Å². The van der Waals surface area contributed by atoms with Gasteiger partial charge in [-0.05, 0) is 81.8 Å². The molecule has 1 heterocycles. The molecule has 27 heavy (non-hydrogen) atoms. The van der Waals surface area contributed by atoms with Gasteiger partial charge in [0.2, 0.25) is 0 Å². The quantitative estimate of drug-likeness (QED) is 0.484. The predicted octanol–water partition coefficient (Wildman–Crippen LogP) is 6.19. The fraction of sp³-hybridized carbons (Fsp3) is 0.545. The molecule has 4 saturated carbocycles. The van der Waals surface area contributed by atoms with E-state index < -0.39 is 0 Å². The van der Waals surface area contributed by atoms with Crippen molar-refractivity contribution in [1.82, 2.24) is 5.43 Å². The summed E-state index contributed by atoms with van der Waals surface area (Å²) in [5.74, 6) is 2.43. The summed E-state index contributed by atoms with van der Waals surface area (Å²) in [4.78, 5) is 13.3. The molecule has 1 N–H and O–H groups in total. The Labute approximate surface area is 169 Å². The molecular weight excluding hydrogens is 376 g/mol. The van der Waals surface area contributed by atoms with Gasteiger partial charge in [0.25, 0.3) is 5.91 Å². The van der Waals surface area contributed by atoms with E-state index in [1.807, 2.05) is 19.1 Å². The van der Waals surface area contributed by atoms with Crippen LogP contribution in [0.3, 0.4) is 0 Å². The van der Waals surface area contributed by atoms with E-state index in [0.717, 1.165) is 33.6 Å². The lowest BCUT2D eigenvalue weighted by molar-refractivity contribution is -0.0128. The Morgan fingerprint density at radius 3 is 2.44 bits per heavy atom. The summed E-state index contributed by atoms with van der Waals surface area (Å²) in [6.07, 6.45) is 8.01. The summed E-state index contributed by atoms with van der Waals surface area (Å²) in [6, 6.07) is 6.09. The van der Waals surface area contributed by atoms with Gasteiger partial charge in [0, 0.05) is 21.2 Å². The number of amides is 1. The van der Waals surface area contributed by atoms with Crippen molar-refractivity contribution in [3.05, 3.63) is 33.7 Å². The van der Waals surface area contributed by atoms with E-state index in [2.05, 4.69) is 23.5 Å². The molecule has 1 aromatic heterocycles. The summed E-state index contributed by atoms with van der Waals surface area (Å²) in [7, 11) is 0. The summed E-state index contributed by atoms with van der Waals surface area (Å²) in [5.41, 5.74) is 5.32. The summed E-state index contributed by atoms with van der Waals surface area (Å²) < 4.78 is 1.05. The zero-order valence-electron chi connectivity index (χ0n) is 15.8. The zero-order chi connectivity index (χ0) is 18.8. The monoisotopic (exact) mass is 400 g/mol. The molecule has 142 valence electrons. The molecule has 1 aromatic carbocycles. The van der Waals surface area contributed by atoms with Crippen LogP contribution in [0.25, 0.3) is 10.1 Å². The number of hydrogen-bond acceptors (Lipinski definition) is 3. The van der Waals surface area contributed by atoms with Gasteiger partial charge in [-0.3, -0.25) is 4.79 Å². The van der Waals surface area contributed by atoms with Gasteiger partial charge in [-0.15, -0.1) is 11.3 Å². The third-order valence-corrected chi connectivity index (χ3v) is 8.78. The Morgan fingerprint density at radius 2 is 1.81 bits per heavy atom. The fourth-order valence-electron chi connectivity index (χ4n) is 6.18. The van der Waals surface area contributed by atoms with Gasteiger partial charge in [-0.25, -0.2) is 5.43 Å². The number of thiophene rings is 1. The number of rotatable bonds is 3. The molecule has 4 aliphatic carbocycles. The van der Waals surface area contributed by atoms with Crippen LogP contribution >= 0.6 is 22.9 Å². The minimum Gasteiger partial charge on any atom is -0.266 e. The van der Waals surface area contributed by atoms with E-state index in [1.54, 1.807) is 0 Å². The van der Waals surface area contributed by atoms with E-state index in [-0.39, 0.29) is 11.3 Å². The molecule has 0 unspecified atom stereocenters. The van der Waals surface area contributed by atoms with Crippen molar-refractivity contribution in [3.8, 4) is 0 Å². The van der Waals surface area contributed by atoms with E-state index in [4.69, 9.17) is 11.6 Å². The van der Waals surface area contributed by atoms with Gasteiger partial charge in [0.1, 0.15) is 4.88 Å². The van der Waals surface area contributed by atoms with Crippen molar-refractivity contribution >= 4 is 44.6 Å². The number of halogens is 1. The molecule has 4 aliphatic rings. The molecule has 0 atom stereocenters. The molecule has 4 fully saturated rings. The first-order valence-electron chi connectivity index (χ1n) is 9.97. The Morgan fingerprint density at radius 1 is 1.19 bits per heavy atom. The second-order valence-corrected chi connectivity index (χ2v) is 10.5. The number of carbonyl (C=O) groups excluding carboxylic acids is 1. The first-order valence-corrected chi connectivity index (χ1v) is 11.2. The number of benzene rings is 1. The van der Waals surface area contributed by atoms with E-state index in [0.29, 0.717) is 9.90 Å². The van der Waals surface area contributed by atoms with Gasteiger partial charge < -0.3 is 0 Å².